The highest BCUT2D eigenvalue weighted by molar-refractivity contribution is 5.99. The second-order valence-corrected chi connectivity index (χ2v) is 9.85. The highest BCUT2D eigenvalue weighted by atomic mass is 16.5. The van der Waals surface area contributed by atoms with Gasteiger partial charge in [0.2, 0.25) is 17.7 Å². The van der Waals surface area contributed by atoms with Crippen molar-refractivity contribution in [1.29, 1.82) is 0 Å². The number of hydrogen-bond donors (Lipinski definition) is 3. The summed E-state index contributed by atoms with van der Waals surface area (Å²) in [7, 11) is 0. The Morgan fingerprint density at radius 1 is 1.19 bits per heavy atom. The van der Waals surface area contributed by atoms with E-state index in [1.54, 1.807) is 4.90 Å². The van der Waals surface area contributed by atoms with Gasteiger partial charge in [0, 0.05) is 25.7 Å². The molecule has 3 heterocycles. The van der Waals surface area contributed by atoms with Crippen molar-refractivity contribution in [3.05, 3.63) is 0 Å². The van der Waals surface area contributed by atoms with Crippen LogP contribution in [-0.4, -0.2) is 70.7 Å². The van der Waals surface area contributed by atoms with Gasteiger partial charge in [-0.15, -0.1) is 0 Å². The molecule has 0 aromatic heterocycles. The van der Waals surface area contributed by atoms with E-state index in [9.17, 15) is 14.4 Å². The van der Waals surface area contributed by atoms with Crippen molar-refractivity contribution in [3.63, 3.8) is 0 Å². The molecule has 1 spiro atoms. The van der Waals surface area contributed by atoms with Gasteiger partial charge in [-0.1, -0.05) is 19.8 Å². The van der Waals surface area contributed by atoms with Crippen LogP contribution in [0.3, 0.4) is 0 Å². The number of ether oxygens (including phenoxy) is 1. The molecular formula is C23H39N3O5. The van der Waals surface area contributed by atoms with Crippen LogP contribution < -0.4 is 10.6 Å². The third-order valence-electron chi connectivity index (χ3n) is 7.09. The monoisotopic (exact) mass is 437 g/mol. The molecule has 3 N–H and O–H groups in total. The Labute approximate surface area is 185 Å². The summed E-state index contributed by atoms with van der Waals surface area (Å²) in [6.45, 7) is 8.89. The minimum absolute atomic E-state index is 0.0534. The van der Waals surface area contributed by atoms with Crippen LogP contribution in [-0.2, 0) is 19.1 Å². The Morgan fingerprint density at radius 2 is 1.90 bits per heavy atom. The first-order valence-electron chi connectivity index (χ1n) is 11.9. The maximum absolute atomic E-state index is 13.7. The molecule has 0 aliphatic carbocycles. The molecule has 2 unspecified atom stereocenters. The fourth-order valence-corrected chi connectivity index (χ4v) is 5.84. The molecule has 3 saturated heterocycles. The topological polar surface area (TPSA) is 108 Å². The molecule has 3 aliphatic heterocycles. The number of carbonyl (C=O) groups excluding carboxylic acids is 3. The Balaban J connectivity index is 1.89. The fourth-order valence-electron chi connectivity index (χ4n) is 5.84. The molecule has 8 heteroatoms. The third-order valence-corrected chi connectivity index (χ3v) is 7.09. The van der Waals surface area contributed by atoms with Crippen LogP contribution in [0.4, 0.5) is 0 Å². The molecule has 0 aromatic rings. The van der Waals surface area contributed by atoms with E-state index in [4.69, 9.17) is 9.84 Å². The van der Waals surface area contributed by atoms with Crippen LogP contribution in [0.15, 0.2) is 0 Å². The largest absolute Gasteiger partial charge is 0.396 e. The predicted molar refractivity (Wildman–Crippen MR) is 116 cm³/mol. The number of aliphatic hydroxyl groups is 1. The van der Waals surface area contributed by atoms with Gasteiger partial charge in [-0.3, -0.25) is 14.4 Å². The van der Waals surface area contributed by atoms with Crippen LogP contribution in [0, 0.1) is 11.8 Å². The van der Waals surface area contributed by atoms with Crippen LogP contribution in [0.5, 0.6) is 0 Å². The lowest BCUT2D eigenvalue weighted by atomic mass is 9.66. The summed E-state index contributed by atoms with van der Waals surface area (Å²) in [5.41, 5.74) is -1.66. The van der Waals surface area contributed by atoms with Gasteiger partial charge in [0.1, 0.15) is 11.6 Å². The molecule has 5 atom stereocenters. The second kappa shape index (κ2) is 9.45. The molecule has 3 amide bonds. The van der Waals surface area contributed by atoms with E-state index in [0.717, 1.165) is 32.1 Å². The molecule has 31 heavy (non-hydrogen) atoms. The lowest BCUT2D eigenvalue weighted by Crippen LogP contribution is -2.56. The molecule has 0 saturated carbocycles. The van der Waals surface area contributed by atoms with E-state index in [0.29, 0.717) is 25.9 Å². The number of hydrogen-bond acceptors (Lipinski definition) is 5. The average molecular weight is 438 g/mol. The van der Waals surface area contributed by atoms with Gasteiger partial charge < -0.3 is 25.4 Å². The van der Waals surface area contributed by atoms with Gasteiger partial charge in [-0.25, -0.2) is 0 Å². The molecule has 3 aliphatic rings. The smallest absolute Gasteiger partial charge is 0.246 e. The van der Waals surface area contributed by atoms with Crippen LogP contribution in [0.25, 0.3) is 0 Å². The Bertz CT molecular complexity index is 699. The molecular weight excluding hydrogens is 398 g/mol. The van der Waals surface area contributed by atoms with Crippen LogP contribution in [0.1, 0.15) is 72.6 Å². The van der Waals surface area contributed by atoms with E-state index in [2.05, 4.69) is 10.6 Å². The van der Waals surface area contributed by atoms with Gasteiger partial charge in [0.05, 0.1) is 17.4 Å². The van der Waals surface area contributed by atoms with Gasteiger partial charge in [0.25, 0.3) is 0 Å². The zero-order valence-electron chi connectivity index (χ0n) is 19.4. The minimum atomic E-state index is -0.940. The number of nitrogens with zero attached hydrogens (tertiary/aromatic N) is 1. The summed E-state index contributed by atoms with van der Waals surface area (Å²) in [6, 6.07) is -0.765. The van der Waals surface area contributed by atoms with E-state index >= 15 is 0 Å². The highest BCUT2D eigenvalue weighted by Gasteiger charge is 2.77. The summed E-state index contributed by atoms with van der Waals surface area (Å²) in [4.78, 5) is 41.7. The first-order chi connectivity index (χ1) is 14.7. The van der Waals surface area contributed by atoms with Crippen molar-refractivity contribution in [2.75, 3.05) is 19.7 Å². The van der Waals surface area contributed by atoms with Crippen molar-refractivity contribution in [3.8, 4) is 0 Å². The summed E-state index contributed by atoms with van der Waals surface area (Å²) in [6.07, 6.45) is 5.33. The van der Waals surface area contributed by atoms with Crippen molar-refractivity contribution >= 4 is 17.7 Å². The highest BCUT2D eigenvalue weighted by Crippen LogP contribution is 2.63. The summed E-state index contributed by atoms with van der Waals surface area (Å²) in [5, 5.41) is 14.9. The van der Waals surface area contributed by atoms with Crippen molar-refractivity contribution in [2.24, 2.45) is 11.8 Å². The Hall–Kier alpha value is -1.67. The number of nitrogens with one attached hydrogen (secondary N) is 2. The SMILES string of the molecule is CCCNC(=O)[C@H]1[C@H]2C(=O)N(CCCCCCO)C(C(=O)NC(C)C)C23CC[C@]1(C)O3. The van der Waals surface area contributed by atoms with Gasteiger partial charge in [0.15, 0.2) is 0 Å². The normalized spacial score (nSPS) is 33.8. The second-order valence-electron chi connectivity index (χ2n) is 9.85. The lowest BCUT2D eigenvalue weighted by Gasteiger charge is -2.34. The van der Waals surface area contributed by atoms with Crippen LogP contribution in [0.2, 0.25) is 0 Å². The first kappa shape index (κ1) is 24.0. The molecule has 0 radical (unpaired) electrons. The molecule has 0 aromatic carbocycles. The van der Waals surface area contributed by atoms with Gasteiger partial charge in [-0.05, 0) is 52.9 Å². The molecule has 176 valence electrons. The molecule has 3 rings (SSSR count). The number of carbonyl (C=O) groups is 3. The van der Waals surface area contributed by atoms with E-state index in [1.165, 1.54) is 0 Å². The fraction of sp³-hybridized carbons (Fsp3) is 0.870. The van der Waals surface area contributed by atoms with E-state index < -0.39 is 29.1 Å². The van der Waals surface area contributed by atoms with Gasteiger partial charge in [-0.2, -0.15) is 0 Å². The average Bonchev–Trinajstić information content (AvgIpc) is 3.26. The minimum Gasteiger partial charge on any atom is -0.396 e. The number of aliphatic hydroxyl groups excluding tert-OH is 1. The number of rotatable bonds is 11. The van der Waals surface area contributed by atoms with Crippen molar-refractivity contribution in [1.82, 2.24) is 15.5 Å². The zero-order chi connectivity index (χ0) is 22.8. The quantitative estimate of drug-likeness (QED) is 0.423. The Kier molecular flexibility index (Phi) is 7.31. The maximum atomic E-state index is 13.7. The third kappa shape index (κ3) is 4.21. The number of fused-ring (bicyclic) bond motifs is 1. The summed E-state index contributed by atoms with van der Waals surface area (Å²) in [5.74, 6) is -1.67. The number of amides is 3. The zero-order valence-corrected chi connectivity index (χ0v) is 19.4. The lowest BCUT2D eigenvalue weighted by molar-refractivity contribution is -0.146. The van der Waals surface area contributed by atoms with E-state index in [1.807, 2.05) is 27.7 Å². The van der Waals surface area contributed by atoms with Crippen molar-refractivity contribution in [2.45, 2.75) is 95.9 Å². The summed E-state index contributed by atoms with van der Waals surface area (Å²) < 4.78 is 6.53. The molecule has 2 bridgehead atoms. The standard InChI is InChI=1S/C23H39N3O5/c1-5-12-24-19(28)16-17-21(30)26(13-8-6-7-9-14-27)18(20(29)25-15(2)3)23(17)11-10-22(16,4)31-23/h15-18,27H,5-14H2,1-4H3,(H,24,28)(H,25,29)/t16-,17+,18?,22+,23?/m1/s1. The summed E-state index contributed by atoms with van der Waals surface area (Å²) >= 11 is 0. The maximum Gasteiger partial charge on any atom is 0.246 e. The van der Waals surface area contributed by atoms with Crippen LogP contribution >= 0.6 is 0 Å². The predicted octanol–water partition coefficient (Wildman–Crippen LogP) is 1.35. The van der Waals surface area contributed by atoms with Gasteiger partial charge >= 0.3 is 0 Å². The number of likely N-dealkylation sites (tertiary alicyclic amines) is 1. The first-order valence-corrected chi connectivity index (χ1v) is 11.9. The number of unbranched alkanes of at least 4 members (excludes halogenated alkanes) is 3. The van der Waals surface area contributed by atoms with Crippen molar-refractivity contribution < 1.29 is 24.2 Å². The molecule has 8 nitrogen and oxygen atoms in total. The Morgan fingerprint density at radius 3 is 2.55 bits per heavy atom. The molecule has 3 fully saturated rings. The van der Waals surface area contributed by atoms with E-state index in [-0.39, 0.29) is 30.4 Å².